The van der Waals surface area contributed by atoms with Gasteiger partial charge >= 0.3 is 0 Å². The Labute approximate surface area is 143 Å². The maximum atomic E-state index is 13.0. The third-order valence-corrected chi connectivity index (χ3v) is 6.91. The van der Waals surface area contributed by atoms with Crippen molar-refractivity contribution in [2.75, 3.05) is 13.1 Å². The fourth-order valence-electron chi connectivity index (χ4n) is 3.53. The zero-order valence-corrected chi connectivity index (χ0v) is 14.7. The maximum Gasteiger partial charge on any atom is 0.243 e. The Morgan fingerprint density at radius 3 is 2.50 bits per heavy atom. The van der Waals surface area contributed by atoms with Gasteiger partial charge < -0.3 is 0 Å². The molecule has 0 unspecified atom stereocenters. The van der Waals surface area contributed by atoms with Crippen LogP contribution in [0.5, 0.6) is 0 Å². The molecule has 1 aliphatic carbocycles. The first-order valence-electron chi connectivity index (χ1n) is 7.91. The van der Waals surface area contributed by atoms with E-state index in [0.29, 0.717) is 18.0 Å². The molecular formula is C19H21NO3S. The van der Waals surface area contributed by atoms with E-state index in [0.717, 1.165) is 11.1 Å². The van der Waals surface area contributed by atoms with Gasteiger partial charge in [0.05, 0.1) is 4.90 Å². The van der Waals surface area contributed by atoms with Gasteiger partial charge in [0.2, 0.25) is 10.0 Å². The Morgan fingerprint density at radius 1 is 1.25 bits per heavy atom. The topological polar surface area (TPSA) is 54.5 Å². The van der Waals surface area contributed by atoms with E-state index in [1.54, 1.807) is 36.4 Å². The molecule has 126 valence electrons. The van der Waals surface area contributed by atoms with Crippen LogP contribution in [0.3, 0.4) is 0 Å². The minimum absolute atomic E-state index is 0.0548. The number of carbonyl (C=O) groups is 1. The molecule has 2 atom stereocenters. The molecule has 1 aromatic rings. The van der Waals surface area contributed by atoms with Gasteiger partial charge in [0, 0.05) is 24.4 Å². The maximum absolute atomic E-state index is 13.0. The molecule has 3 rings (SSSR count). The van der Waals surface area contributed by atoms with Gasteiger partial charge in [0.25, 0.3) is 0 Å². The number of benzene rings is 1. The van der Waals surface area contributed by atoms with Crippen LogP contribution in [0.1, 0.15) is 12.5 Å². The fourth-order valence-corrected chi connectivity index (χ4v) is 5.05. The van der Waals surface area contributed by atoms with E-state index in [1.165, 1.54) is 10.4 Å². The number of hydrogen-bond donors (Lipinski definition) is 0. The molecular weight excluding hydrogens is 322 g/mol. The number of aryl methyl sites for hydroxylation is 1. The molecule has 0 N–H and O–H groups in total. The number of sulfonamides is 1. The number of nitrogens with zero attached hydrogens (tertiary/aromatic N) is 1. The van der Waals surface area contributed by atoms with Gasteiger partial charge in [-0.2, -0.15) is 4.31 Å². The van der Waals surface area contributed by atoms with Gasteiger partial charge in [-0.1, -0.05) is 35.4 Å². The van der Waals surface area contributed by atoms with Crippen LogP contribution in [0, 0.1) is 18.3 Å². The first kappa shape index (κ1) is 16.9. The summed E-state index contributed by atoms with van der Waals surface area (Å²) in [6, 6.07) is 6.88. The average molecular weight is 343 g/mol. The molecule has 1 saturated heterocycles. The molecule has 4 nitrogen and oxygen atoms in total. The van der Waals surface area contributed by atoms with E-state index in [-0.39, 0.29) is 11.7 Å². The van der Waals surface area contributed by atoms with Crippen LogP contribution < -0.4 is 0 Å². The van der Waals surface area contributed by atoms with Gasteiger partial charge in [-0.25, -0.2) is 8.42 Å². The Bertz CT molecular complexity index is 849. The van der Waals surface area contributed by atoms with Gasteiger partial charge in [0.1, 0.15) is 0 Å². The number of hydrogen-bond acceptors (Lipinski definition) is 3. The summed E-state index contributed by atoms with van der Waals surface area (Å²) in [6.45, 7) is 8.38. The summed E-state index contributed by atoms with van der Waals surface area (Å²) in [5, 5.41) is 0. The van der Waals surface area contributed by atoms with Crippen molar-refractivity contribution in [1.29, 1.82) is 0 Å². The molecule has 1 aromatic carbocycles. The zero-order chi connectivity index (χ0) is 17.5. The summed E-state index contributed by atoms with van der Waals surface area (Å²) >= 11 is 0. The lowest BCUT2D eigenvalue weighted by molar-refractivity contribution is -0.110. The van der Waals surface area contributed by atoms with Crippen molar-refractivity contribution >= 4 is 15.8 Å². The van der Waals surface area contributed by atoms with Crippen molar-refractivity contribution in [3.8, 4) is 0 Å². The lowest BCUT2D eigenvalue weighted by Gasteiger charge is -2.33. The first-order valence-corrected chi connectivity index (χ1v) is 9.35. The van der Waals surface area contributed by atoms with Gasteiger partial charge in [0.15, 0.2) is 5.78 Å². The molecule has 0 amide bonds. The summed E-state index contributed by atoms with van der Waals surface area (Å²) < 4.78 is 27.5. The van der Waals surface area contributed by atoms with E-state index >= 15 is 0 Å². The number of rotatable bonds is 3. The highest BCUT2D eigenvalue weighted by Crippen LogP contribution is 2.47. The number of carbonyl (C=O) groups excluding carboxylic acids is 1. The standard InChI is InChI=1S/C19H21NO3S/c1-4-16-12-20(13-19(16)10-9-17(21)11-15(19)3)24(22,23)18-7-5-14(2)6-8-18/h4-11,16H,1,12-13H2,2-3H3/t16-,19-/m0/s1. The fraction of sp³-hybridized carbons (Fsp3) is 0.316. The monoisotopic (exact) mass is 343 g/mol. The van der Waals surface area contributed by atoms with Crippen LogP contribution in [0.4, 0.5) is 0 Å². The number of ketones is 1. The van der Waals surface area contributed by atoms with Crippen molar-refractivity contribution in [1.82, 2.24) is 4.31 Å². The molecule has 0 bridgehead atoms. The molecule has 5 heteroatoms. The van der Waals surface area contributed by atoms with Crippen molar-refractivity contribution in [3.63, 3.8) is 0 Å². The van der Waals surface area contributed by atoms with E-state index in [4.69, 9.17) is 0 Å². The van der Waals surface area contributed by atoms with Crippen molar-refractivity contribution in [2.24, 2.45) is 11.3 Å². The van der Waals surface area contributed by atoms with E-state index in [1.807, 2.05) is 19.9 Å². The molecule has 0 saturated carbocycles. The van der Waals surface area contributed by atoms with Crippen LogP contribution in [0.15, 0.2) is 65.6 Å². The van der Waals surface area contributed by atoms with Gasteiger partial charge in [-0.3, -0.25) is 4.79 Å². The second-order valence-corrected chi connectivity index (χ2v) is 8.49. The minimum Gasteiger partial charge on any atom is -0.290 e. The lowest BCUT2D eigenvalue weighted by Crippen LogP contribution is -2.33. The van der Waals surface area contributed by atoms with Gasteiger partial charge in [-0.05, 0) is 38.1 Å². The summed E-state index contributed by atoms with van der Waals surface area (Å²) in [4.78, 5) is 11.9. The molecule has 2 aliphatic rings. The van der Waals surface area contributed by atoms with E-state index in [2.05, 4.69) is 6.58 Å². The Balaban J connectivity index is 1.99. The Kier molecular flexibility index (Phi) is 4.10. The first-order chi connectivity index (χ1) is 11.3. The normalized spacial score (nSPS) is 27.5. The zero-order valence-electron chi connectivity index (χ0n) is 13.9. The Morgan fingerprint density at radius 2 is 1.92 bits per heavy atom. The predicted octanol–water partition coefficient (Wildman–Crippen LogP) is 2.87. The summed E-state index contributed by atoms with van der Waals surface area (Å²) in [6.07, 6.45) is 6.77. The average Bonchev–Trinajstić information content (AvgIpc) is 2.92. The SMILES string of the molecule is C=C[C@H]1CN(S(=O)(=O)c2ccc(C)cc2)C[C@]12C=CC(=O)C=C2C. The highest BCUT2D eigenvalue weighted by molar-refractivity contribution is 7.89. The molecule has 1 heterocycles. The van der Waals surface area contributed by atoms with Crippen molar-refractivity contribution in [3.05, 3.63) is 66.3 Å². The largest absolute Gasteiger partial charge is 0.290 e. The second-order valence-electron chi connectivity index (χ2n) is 6.56. The molecule has 0 aromatic heterocycles. The molecule has 0 radical (unpaired) electrons. The highest BCUT2D eigenvalue weighted by atomic mass is 32.2. The van der Waals surface area contributed by atoms with Crippen LogP contribution in [-0.2, 0) is 14.8 Å². The van der Waals surface area contributed by atoms with Crippen molar-refractivity contribution in [2.45, 2.75) is 18.7 Å². The third-order valence-electron chi connectivity index (χ3n) is 5.08. The molecule has 1 spiro atoms. The summed E-state index contributed by atoms with van der Waals surface area (Å²) in [5.74, 6) is -0.112. The van der Waals surface area contributed by atoms with Crippen LogP contribution in [0.25, 0.3) is 0 Å². The Hall–Kier alpha value is -1.98. The van der Waals surface area contributed by atoms with E-state index in [9.17, 15) is 13.2 Å². The summed E-state index contributed by atoms with van der Waals surface area (Å²) in [5.41, 5.74) is 1.43. The minimum atomic E-state index is -3.57. The summed E-state index contributed by atoms with van der Waals surface area (Å²) in [7, 11) is -3.57. The lowest BCUT2D eigenvalue weighted by atomic mass is 9.70. The predicted molar refractivity (Wildman–Crippen MR) is 94.0 cm³/mol. The van der Waals surface area contributed by atoms with Crippen LogP contribution >= 0.6 is 0 Å². The highest BCUT2D eigenvalue weighted by Gasteiger charge is 2.49. The quantitative estimate of drug-likeness (QED) is 0.793. The second kappa shape index (κ2) is 5.83. The van der Waals surface area contributed by atoms with E-state index < -0.39 is 15.4 Å². The van der Waals surface area contributed by atoms with Crippen molar-refractivity contribution < 1.29 is 13.2 Å². The molecule has 1 aliphatic heterocycles. The van der Waals surface area contributed by atoms with Crippen LogP contribution in [0.2, 0.25) is 0 Å². The smallest absolute Gasteiger partial charge is 0.243 e. The van der Waals surface area contributed by atoms with Gasteiger partial charge in [-0.15, -0.1) is 6.58 Å². The molecule has 1 fully saturated rings. The molecule has 24 heavy (non-hydrogen) atoms. The number of allylic oxidation sites excluding steroid dienone is 2. The van der Waals surface area contributed by atoms with Crippen LogP contribution in [-0.4, -0.2) is 31.6 Å². The third kappa shape index (κ3) is 2.58.